The summed E-state index contributed by atoms with van der Waals surface area (Å²) in [6.07, 6.45) is 3.88. The highest BCUT2D eigenvalue weighted by molar-refractivity contribution is 14.1. The predicted molar refractivity (Wildman–Crippen MR) is 88.5 cm³/mol. The van der Waals surface area contributed by atoms with Gasteiger partial charge in [0.05, 0.1) is 11.3 Å². The van der Waals surface area contributed by atoms with Crippen LogP contribution in [0.3, 0.4) is 0 Å². The lowest BCUT2D eigenvalue weighted by Gasteiger charge is -2.29. The third-order valence-corrected chi connectivity index (χ3v) is 4.27. The number of carboxylic acids is 1. The number of rotatable bonds is 3. The largest absolute Gasteiger partial charge is 0.478 e. The van der Waals surface area contributed by atoms with Gasteiger partial charge in [0.2, 0.25) is 0 Å². The van der Waals surface area contributed by atoms with Gasteiger partial charge in [-0.15, -0.1) is 0 Å². The number of urea groups is 1. The molecule has 6 nitrogen and oxygen atoms in total. The fourth-order valence-electron chi connectivity index (χ4n) is 2.47. The lowest BCUT2D eigenvalue weighted by Crippen LogP contribution is -2.50. The lowest BCUT2D eigenvalue weighted by molar-refractivity contribution is 0.0698. The molecule has 0 bridgehead atoms. The number of aromatic carboxylic acids is 1. The number of anilines is 1. The van der Waals surface area contributed by atoms with Crippen LogP contribution in [0.1, 0.15) is 36.0 Å². The molecule has 0 saturated heterocycles. The first-order valence-corrected chi connectivity index (χ1v) is 7.91. The molecule has 1 aromatic carbocycles. The molecular weight excluding hydrogens is 385 g/mol. The molecule has 1 saturated carbocycles. The number of benzene rings is 1. The van der Waals surface area contributed by atoms with Gasteiger partial charge in [-0.3, -0.25) is 0 Å². The molecule has 0 aromatic heterocycles. The van der Waals surface area contributed by atoms with Crippen molar-refractivity contribution in [2.75, 3.05) is 5.32 Å². The van der Waals surface area contributed by atoms with E-state index in [2.05, 4.69) is 10.6 Å². The zero-order valence-electron chi connectivity index (χ0n) is 11.4. The Morgan fingerprint density at radius 2 is 2.00 bits per heavy atom. The summed E-state index contributed by atoms with van der Waals surface area (Å²) in [5.41, 5.74) is 6.34. The second-order valence-corrected chi connectivity index (χ2v) is 6.39. The number of carboxylic acid groups (broad SMARTS) is 1. The zero-order chi connectivity index (χ0) is 15.4. The third kappa shape index (κ3) is 4.31. The van der Waals surface area contributed by atoms with Crippen molar-refractivity contribution in [1.29, 1.82) is 0 Å². The van der Waals surface area contributed by atoms with E-state index < -0.39 is 12.0 Å². The number of hydrogen-bond acceptors (Lipinski definition) is 3. The Hall–Kier alpha value is -1.35. The maximum Gasteiger partial charge on any atom is 0.337 e. The summed E-state index contributed by atoms with van der Waals surface area (Å²) in [6, 6.07) is 4.34. The Morgan fingerprint density at radius 3 is 2.67 bits per heavy atom. The highest BCUT2D eigenvalue weighted by Gasteiger charge is 2.23. The summed E-state index contributed by atoms with van der Waals surface area (Å²) in [4.78, 5) is 23.2. The standard InChI is InChI=1S/C14H18IN3O3/c15-8-5-6-11(9(7-8)13(19)20)17-14(21)18-12-4-2-1-3-10(12)16/h5-7,10,12H,1-4,16H2,(H,19,20)(H2,17,18,21). The van der Waals surface area contributed by atoms with Crippen molar-refractivity contribution in [2.45, 2.75) is 37.8 Å². The Morgan fingerprint density at radius 1 is 1.29 bits per heavy atom. The normalized spacial score (nSPS) is 21.6. The van der Waals surface area contributed by atoms with Gasteiger partial charge in [-0.1, -0.05) is 12.8 Å². The fourth-order valence-corrected chi connectivity index (χ4v) is 2.96. The fraction of sp³-hybridized carbons (Fsp3) is 0.429. The molecule has 21 heavy (non-hydrogen) atoms. The smallest absolute Gasteiger partial charge is 0.337 e. The van der Waals surface area contributed by atoms with Crippen LogP contribution in [0.2, 0.25) is 0 Å². The van der Waals surface area contributed by atoms with Gasteiger partial charge < -0.3 is 21.5 Å². The summed E-state index contributed by atoms with van der Waals surface area (Å²) < 4.78 is 0.797. The minimum atomic E-state index is -1.07. The van der Waals surface area contributed by atoms with E-state index in [1.54, 1.807) is 12.1 Å². The zero-order valence-corrected chi connectivity index (χ0v) is 13.6. The first-order chi connectivity index (χ1) is 9.97. The molecule has 2 unspecified atom stereocenters. The monoisotopic (exact) mass is 403 g/mol. The van der Waals surface area contributed by atoms with Gasteiger partial charge in [-0.05, 0) is 53.6 Å². The van der Waals surface area contributed by atoms with Gasteiger partial charge in [0.25, 0.3) is 0 Å². The van der Waals surface area contributed by atoms with Crippen molar-refractivity contribution in [3.63, 3.8) is 0 Å². The average Bonchev–Trinajstić information content (AvgIpc) is 2.43. The average molecular weight is 403 g/mol. The lowest BCUT2D eigenvalue weighted by atomic mass is 9.91. The first kappa shape index (κ1) is 16.0. The Kier molecular flexibility index (Phi) is 5.40. The molecule has 1 aromatic rings. The van der Waals surface area contributed by atoms with Crippen LogP contribution in [-0.4, -0.2) is 29.2 Å². The molecule has 2 amide bonds. The van der Waals surface area contributed by atoms with Gasteiger partial charge >= 0.3 is 12.0 Å². The molecular formula is C14H18IN3O3. The molecule has 7 heteroatoms. The SMILES string of the molecule is NC1CCCCC1NC(=O)Nc1ccc(I)cc1C(=O)O. The minimum Gasteiger partial charge on any atom is -0.478 e. The number of amides is 2. The van der Waals surface area contributed by atoms with E-state index in [1.807, 2.05) is 22.6 Å². The van der Waals surface area contributed by atoms with Crippen LogP contribution in [0.15, 0.2) is 18.2 Å². The summed E-state index contributed by atoms with van der Waals surface area (Å²) >= 11 is 2.03. The Labute approximate surface area is 136 Å². The molecule has 2 rings (SSSR count). The minimum absolute atomic E-state index is 0.0415. The van der Waals surface area contributed by atoms with Crippen molar-refractivity contribution in [1.82, 2.24) is 5.32 Å². The summed E-state index contributed by atoms with van der Waals surface area (Å²) in [6.45, 7) is 0. The highest BCUT2D eigenvalue weighted by Crippen LogP contribution is 2.20. The van der Waals surface area contributed by atoms with Gasteiger partial charge in [0.1, 0.15) is 0 Å². The maximum atomic E-state index is 12.0. The topological polar surface area (TPSA) is 104 Å². The van der Waals surface area contributed by atoms with Crippen LogP contribution in [0.5, 0.6) is 0 Å². The molecule has 1 aliphatic rings. The van der Waals surface area contributed by atoms with Crippen LogP contribution in [0.4, 0.5) is 10.5 Å². The summed E-state index contributed by atoms with van der Waals surface area (Å²) in [5, 5.41) is 14.6. The van der Waals surface area contributed by atoms with Crippen molar-refractivity contribution < 1.29 is 14.7 Å². The molecule has 0 spiro atoms. The van der Waals surface area contributed by atoms with Gasteiger partial charge in [0, 0.05) is 15.7 Å². The van der Waals surface area contributed by atoms with Gasteiger partial charge in [-0.2, -0.15) is 0 Å². The second kappa shape index (κ2) is 7.08. The molecule has 2 atom stereocenters. The van der Waals surface area contributed by atoms with E-state index in [1.165, 1.54) is 6.07 Å². The Bertz CT molecular complexity index is 550. The third-order valence-electron chi connectivity index (χ3n) is 3.60. The highest BCUT2D eigenvalue weighted by atomic mass is 127. The van der Waals surface area contributed by atoms with Crippen LogP contribution < -0.4 is 16.4 Å². The predicted octanol–water partition coefficient (Wildman–Crippen LogP) is 2.38. The van der Waals surface area contributed by atoms with E-state index >= 15 is 0 Å². The van der Waals surface area contributed by atoms with Gasteiger partial charge in [0.15, 0.2) is 0 Å². The molecule has 0 radical (unpaired) electrons. The summed E-state index contributed by atoms with van der Waals surface area (Å²) in [5.74, 6) is -1.07. The summed E-state index contributed by atoms with van der Waals surface area (Å²) in [7, 11) is 0. The van der Waals surface area contributed by atoms with Crippen molar-refractivity contribution >= 4 is 40.3 Å². The molecule has 0 aliphatic heterocycles. The van der Waals surface area contributed by atoms with Crippen LogP contribution >= 0.6 is 22.6 Å². The Balaban J connectivity index is 2.04. The van der Waals surface area contributed by atoms with Crippen molar-refractivity contribution in [3.05, 3.63) is 27.3 Å². The van der Waals surface area contributed by atoms with Gasteiger partial charge in [-0.25, -0.2) is 9.59 Å². The quantitative estimate of drug-likeness (QED) is 0.582. The molecule has 1 fully saturated rings. The van der Waals surface area contributed by atoms with E-state index in [0.29, 0.717) is 0 Å². The number of nitrogens with one attached hydrogen (secondary N) is 2. The molecule has 1 aliphatic carbocycles. The number of nitrogens with two attached hydrogens (primary N) is 1. The number of hydrogen-bond donors (Lipinski definition) is 4. The molecule has 5 N–H and O–H groups in total. The molecule has 0 heterocycles. The second-order valence-electron chi connectivity index (χ2n) is 5.15. The van der Waals surface area contributed by atoms with Crippen LogP contribution in [0, 0.1) is 3.57 Å². The van der Waals surface area contributed by atoms with Crippen LogP contribution in [-0.2, 0) is 0 Å². The number of halogens is 1. The van der Waals surface area contributed by atoms with E-state index in [0.717, 1.165) is 29.3 Å². The van der Waals surface area contributed by atoms with E-state index in [4.69, 9.17) is 5.73 Å². The number of carbonyl (C=O) groups excluding carboxylic acids is 1. The van der Waals surface area contributed by atoms with Crippen molar-refractivity contribution in [2.24, 2.45) is 5.73 Å². The number of carbonyl (C=O) groups is 2. The van der Waals surface area contributed by atoms with E-state index in [9.17, 15) is 14.7 Å². The van der Waals surface area contributed by atoms with Crippen molar-refractivity contribution in [3.8, 4) is 0 Å². The maximum absolute atomic E-state index is 12.0. The molecule has 114 valence electrons. The first-order valence-electron chi connectivity index (χ1n) is 6.83. The van der Waals surface area contributed by atoms with Crippen LogP contribution in [0.25, 0.3) is 0 Å². The van der Waals surface area contributed by atoms with E-state index in [-0.39, 0.29) is 23.3 Å².